The van der Waals surface area contributed by atoms with Crippen LogP contribution in [0.4, 0.5) is 11.4 Å². The summed E-state index contributed by atoms with van der Waals surface area (Å²) in [5, 5.41) is 7.31. The number of imide groups is 1. The lowest BCUT2D eigenvalue weighted by Crippen LogP contribution is -2.31. The molecule has 0 saturated carbocycles. The van der Waals surface area contributed by atoms with Gasteiger partial charge in [0, 0.05) is 25.6 Å². The van der Waals surface area contributed by atoms with E-state index >= 15 is 0 Å². The van der Waals surface area contributed by atoms with Gasteiger partial charge in [0.25, 0.3) is 5.91 Å². The van der Waals surface area contributed by atoms with Gasteiger partial charge in [-0.2, -0.15) is 13.0 Å². The zero-order chi connectivity index (χ0) is 38.1. The molecule has 0 aliphatic heterocycles. The number of carbonyl (C=O) groups is 2. The van der Waals surface area contributed by atoms with Gasteiger partial charge < -0.3 is 13.1 Å². The van der Waals surface area contributed by atoms with Crippen LogP contribution in [0.15, 0.2) is 60.7 Å². The van der Waals surface area contributed by atoms with Crippen LogP contribution >= 0.6 is 0 Å². The van der Waals surface area contributed by atoms with E-state index in [9.17, 15) is 18.0 Å². The molecule has 3 N–H and O–H groups in total. The molecule has 2 heterocycles. The summed E-state index contributed by atoms with van der Waals surface area (Å²) in [7, 11) is 1.38. The van der Waals surface area contributed by atoms with E-state index in [0.717, 1.165) is 40.9 Å². The van der Waals surface area contributed by atoms with Crippen molar-refractivity contribution in [1.29, 1.82) is 0 Å². The third-order valence-corrected chi connectivity index (χ3v) is 9.73. The number of H-pyrrole nitrogens is 1. The number of anilines is 2. The maximum atomic E-state index is 13.4. The van der Waals surface area contributed by atoms with Gasteiger partial charge in [-0.15, -0.1) is 5.10 Å². The summed E-state index contributed by atoms with van der Waals surface area (Å²) in [6.07, 6.45) is 6.77. The van der Waals surface area contributed by atoms with E-state index in [0.29, 0.717) is 46.4 Å². The number of hydrogen-bond donors (Lipinski definition) is 3. The molecule has 53 heavy (non-hydrogen) atoms. The molecule has 0 saturated heterocycles. The molecule has 2 unspecified atom stereocenters. The molecule has 282 valence electrons. The smallest absolute Gasteiger partial charge is 0.316 e. The number of carbonyl (C=O) groups excluding carboxylic acids is 2. The molecule has 0 fully saturated rings. The van der Waals surface area contributed by atoms with Gasteiger partial charge in [-0.05, 0) is 80.3 Å². The summed E-state index contributed by atoms with van der Waals surface area (Å²) in [6, 6.07) is 17.4. The van der Waals surface area contributed by atoms with Crippen LogP contribution in [0.3, 0.4) is 0 Å². The minimum atomic E-state index is -2.09. The van der Waals surface area contributed by atoms with Crippen LogP contribution in [0, 0.1) is 20.8 Å². The van der Waals surface area contributed by atoms with Gasteiger partial charge in [-0.25, -0.2) is 4.98 Å². The van der Waals surface area contributed by atoms with Crippen molar-refractivity contribution in [3.63, 3.8) is 0 Å². The van der Waals surface area contributed by atoms with Crippen molar-refractivity contribution in [1.82, 2.24) is 24.7 Å². The van der Waals surface area contributed by atoms with Gasteiger partial charge in [0.15, 0.2) is 23.0 Å². The highest BCUT2D eigenvalue weighted by Gasteiger charge is 2.20. The number of benzene rings is 3. The Hall–Kier alpha value is -5.22. The number of aryl methyl sites for hydroxylation is 3. The van der Waals surface area contributed by atoms with Gasteiger partial charge >= 0.3 is 22.5 Å². The van der Waals surface area contributed by atoms with Crippen LogP contribution in [-0.4, -0.2) is 58.6 Å². The van der Waals surface area contributed by atoms with Crippen molar-refractivity contribution in [2.75, 3.05) is 23.1 Å². The molecule has 0 spiro atoms. The summed E-state index contributed by atoms with van der Waals surface area (Å²) in [4.78, 5) is 29.9. The third kappa shape index (κ3) is 10.7. The molecular weight excluding hydrogens is 719 g/mol. The lowest BCUT2D eigenvalue weighted by atomic mass is 10.1. The maximum absolute atomic E-state index is 13.4. The first-order valence-corrected chi connectivity index (χ1v) is 19.5. The fraction of sp³-hybridized carbons (Fsp3) is 0.351. The van der Waals surface area contributed by atoms with Crippen LogP contribution in [0.2, 0.25) is 0 Å². The zero-order valence-electron chi connectivity index (χ0n) is 30.7. The summed E-state index contributed by atoms with van der Waals surface area (Å²) in [5.74, 6) is 0.545. The number of unbranched alkanes of at least 4 members (excludes halogenated alkanes) is 5. The summed E-state index contributed by atoms with van der Waals surface area (Å²) < 4.78 is 51.2. The molecule has 0 aliphatic rings. The van der Waals surface area contributed by atoms with Gasteiger partial charge in [0.2, 0.25) is 5.91 Å². The Morgan fingerprint density at radius 1 is 0.811 bits per heavy atom. The average molecular weight is 764 g/mol. The number of rotatable bonds is 18. The number of nitrogens with one attached hydrogen (secondary N) is 3. The van der Waals surface area contributed by atoms with Crippen molar-refractivity contribution in [3.8, 4) is 28.6 Å². The van der Waals surface area contributed by atoms with Gasteiger partial charge in [0.05, 0.1) is 18.0 Å². The Kier molecular flexibility index (Phi) is 13.3. The van der Waals surface area contributed by atoms with E-state index in [1.165, 1.54) is 43.9 Å². The number of amides is 2. The van der Waals surface area contributed by atoms with Crippen LogP contribution in [-0.2, 0) is 27.3 Å². The number of hydrogen-bond acceptors (Lipinski definition) is 9. The highest BCUT2D eigenvalue weighted by molar-refractivity contribution is 7.82. The Morgan fingerprint density at radius 3 is 2.09 bits per heavy atom. The molecule has 0 radical (unpaired) electrons. The van der Waals surface area contributed by atoms with E-state index in [1.807, 2.05) is 39.0 Å². The quantitative estimate of drug-likeness (QED) is 0.0785. The van der Waals surface area contributed by atoms with E-state index in [1.54, 1.807) is 36.4 Å². The second-order valence-corrected chi connectivity index (χ2v) is 14.4. The molecular formula is C37H45N7O7S2. The van der Waals surface area contributed by atoms with Gasteiger partial charge in [-0.3, -0.25) is 29.0 Å². The largest absolute Gasteiger partial charge is 0.490 e. The topological polar surface area (TPSA) is 169 Å². The number of aromatic amines is 1. The van der Waals surface area contributed by atoms with Crippen LogP contribution in [0.1, 0.15) is 79.6 Å². The minimum Gasteiger partial charge on any atom is -0.490 e. The monoisotopic (exact) mass is 763 g/mol. The fourth-order valence-electron chi connectivity index (χ4n) is 5.26. The summed E-state index contributed by atoms with van der Waals surface area (Å²) in [5.41, 5.74) is 4.21. The second kappa shape index (κ2) is 18.0. The zero-order valence-corrected chi connectivity index (χ0v) is 32.3. The predicted octanol–water partition coefficient (Wildman–Crippen LogP) is 7.15. The first-order chi connectivity index (χ1) is 25.4. The van der Waals surface area contributed by atoms with Gasteiger partial charge in [0.1, 0.15) is 11.4 Å². The number of fused-ring (bicyclic) bond motifs is 1. The standard InChI is InChI=1S/C37H45N7O7S2/c1-7-8-9-10-11-12-17-49-32-16-14-25(3)19-34(32)51-53(48)42-30-21-28(20-29(22-30)41-52(47)50-33-18-24(2)13-15-26(33)4)36-38-35-23-31(39-44(35)40-36)37(46)43(6)27(5)45/h13-16,18-23,39,41-42H,7-12,17H2,1-6H3. The lowest BCUT2D eigenvalue weighted by molar-refractivity contribution is -0.125. The molecule has 3 aromatic carbocycles. The molecule has 2 aromatic heterocycles. The lowest BCUT2D eigenvalue weighted by Gasteiger charge is -2.15. The average Bonchev–Trinajstić information content (AvgIpc) is 3.70. The molecule has 5 aromatic rings. The molecule has 5 rings (SSSR count). The second-order valence-electron chi connectivity index (χ2n) is 12.7. The maximum Gasteiger partial charge on any atom is 0.316 e. The Bertz CT molecular complexity index is 2100. The SMILES string of the molecule is CCCCCCCCOc1ccc(C)cc1OS(=O)Nc1cc(NS(=O)Oc2cc(C)ccc2C)cc(-c2nc3cc(C(=O)N(C)C(C)=O)[nH]n3n2)c1. The molecule has 0 aliphatic carbocycles. The summed E-state index contributed by atoms with van der Waals surface area (Å²) >= 11 is -4.10. The Morgan fingerprint density at radius 2 is 1.43 bits per heavy atom. The normalized spacial score (nSPS) is 12.3. The van der Waals surface area contributed by atoms with Crippen molar-refractivity contribution in [3.05, 3.63) is 83.0 Å². The van der Waals surface area contributed by atoms with Crippen LogP contribution in [0.25, 0.3) is 17.0 Å². The van der Waals surface area contributed by atoms with E-state index < -0.39 is 34.3 Å². The molecule has 14 nitrogen and oxygen atoms in total. The van der Waals surface area contributed by atoms with Crippen LogP contribution in [0.5, 0.6) is 17.2 Å². The fourth-order valence-corrected chi connectivity index (χ4v) is 6.60. The van der Waals surface area contributed by atoms with Crippen molar-refractivity contribution in [2.45, 2.75) is 73.1 Å². The highest BCUT2D eigenvalue weighted by atomic mass is 32.2. The molecule has 16 heteroatoms. The number of nitrogens with zero attached hydrogens (tertiary/aromatic N) is 4. The van der Waals surface area contributed by atoms with Crippen molar-refractivity contribution >= 4 is 51.4 Å². The summed E-state index contributed by atoms with van der Waals surface area (Å²) in [6.45, 7) is 9.66. The van der Waals surface area contributed by atoms with E-state index in [-0.39, 0.29) is 11.5 Å². The number of aromatic nitrogens is 4. The number of ether oxygens (including phenoxy) is 1. The molecule has 2 amide bonds. The molecule has 0 bridgehead atoms. The van der Waals surface area contributed by atoms with E-state index in [2.05, 4.69) is 31.5 Å². The highest BCUT2D eigenvalue weighted by Crippen LogP contribution is 2.31. The molecule has 2 atom stereocenters. The minimum absolute atomic E-state index is 0.125. The Balaban J connectivity index is 1.37. The predicted molar refractivity (Wildman–Crippen MR) is 206 cm³/mol. The van der Waals surface area contributed by atoms with Gasteiger partial charge in [-0.1, -0.05) is 57.2 Å². The first kappa shape index (κ1) is 39.0. The van der Waals surface area contributed by atoms with Crippen LogP contribution < -0.4 is 22.5 Å². The third-order valence-electron chi connectivity index (χ3n) is 8.26. The van der Waals surface area contributed by atoms with Crippen molar-refractivity contribution in [2.24, 2.45) is 0 Å². The Labute approximate surface area is 314 Å². The first-order valence-electron chi connectivity index (χ1n) is 17.3. The van der Waals surface area contributed by atoms with Crippen molar-refractivity contribution < 1.29 is 31.1 Å². The van der Waals surface area contributed by atoms with E-state index in [4.69, 9.17) is 13.1 Å².